The van der Waals surface area contributed by atoms with Gasteiger partial charge < -0.3 is 10.1 Å². The molecule has 0 aliphatic rings. The van der Waals surface area contributed by atoms with Gasteiger partial charge in [0.25, 0.3) is 0 Å². The quantitative estimate of drug-likeness (QED) is 0.866. The number of aromatic nitrogens is 1. The van der Waals surface area contributed by atoms with Gasteiger partial charge >= 0.3 is 0 Å². The highest BCUT2D eigenvalue weighted by Gasteiger charge is 2.13. The molecule has 0 saturated heterocycles. The van der Waals surface area contributed by atoms with Crippen LogP contribution in [-0.2, 0) is 0 Å². The lowest BCUT2D eigenvalue weighted by molar-refractivity contribution is 0.441. The Morgan fingerprint density at radius 1 is 1.35 bits per heavy atom. The van der Waals surface area contributed by atoms with E-state index in [2.05, 4.69) is 40.1 Å². The van der Waals surface area contributed by atoms with Crippen LogP contribution in [0.5, 0.6) is 11.6 Å². The molecule has 4 heteroatoms. The highest BCUT2D eigenvalue weighted by molar-refractivity contribution is 9.10. The highest BCUT2D eigenvalue weighted by atomic mass is 79.9. The van der Waals surface area contributed by atoms with E-state index in [0.29, 0.717) is 5.88 Å². The first kappa shape index (κ1) is 15.0. The number of benzene rings is 1. The predicted octanol–water partition coefficient (Wildman–Crippen LogP) is 4.62. The molecule has 3 nitrogen and oxygen atoms in total. The molecule has 1 aromatic heterocycles. The maximum atomic E-state index is 6.01. The Hall–Kier alpha value is -1.39. The summed E-state index contributed by atoms with van der Waals surface area (Å²) in [5.41, 5.74) is 2.15. The molecule has 0 aliphatic carbocycles. The minimum absolute atomic E-state index is 0.205. The van der Waals surface area contributed by atoms with Crippen molar-refractivity contribution in [1.29, 1.82) is 0 Å². The monoisotopic (exact) mass is 334 g/mol. The van der Waals surface area contributed by atoms with E-state index < -0.39 is 0 Å². The summed E-state index contributed by atoms with van der Waals surface area (Å²) in [6.45, 7) is 7.14. The third-order valence-corrected chi connectivity index (χ3v) is 3.63. The van der Waals surface area contributed by atoms with Crippen molar-refractivity contribution in [2.24, 2.45) is 0 Å². The smallest absolute Gasteiger partial charge is 0.223 e. The van der Waals surface area contributed by atoms with Crippen molar-refractivity contribution in [2.45, 2.75) is 26.8 Å². The Balaban J connectivity index is 2.31. The van der Waals surface area contributed by atoms with E-state index in [-0.39, 0.29) is 6.04 Å². The number of hydrogen-bond acceptors (Lipinski definition) is 3. The number of hydrogen-bond donors (Lipinski definition) is 1. The highest BCUT2D eigenvalue weighted by Crippen LogP contribution is 2.31. The SMILES string of the molecule is CCNC(C)c1cccnc1Oc1cc(Br)ccc1C. The van der Waals surface area contributed by atoms with Crippen molar-refractivity contribution in [3.63, 3.8) is 0 Å². The lowest BCUT2D eigenvalue weighted by Crippen LogP contribution is -2.18. The van der Waals surface area contributed by atoms with Gasteiger partial charge in [0.15, 0.2) is 0 Å². The summed E-state index contributed by atoms with van der Waals surface area (Å²) in [5, 5.41) is 3.38. The largest absolute Gasteiger partial charge is 0.438 e. The van der Waals surface area contributed by atoms with Gasteiger partial charge in [-0.25, -0.2) is 4.98 Å². The maximum Gasteiger partial charge on any atom is 0.223 e. The van der Waals surface area contributed by atoms with Gasteiger partial charge in [0.1, 0.15) is 5.75 Å². The van der Waals surface area contributed by atoms with Crippen LogP contribution < -0.4 is 10.1 Å². The zero-order valence-corrected chi connectivity index (χ0v) is 13.6. The summed E-state index contributed by atoms with van der Waals surface area (Å²) in [4.78, 5) is 4.37. The van der Waals surface area contributed by atoms with Gasteiger partial charge in [0, 0.05) is 22.3 Å². The van der Waals surface area contributed by atoms with Gasteiger partial charge in [-0.05, 0) is 44.2 Å². The van der Waals surface area contributed by atoms with Crippen LogP contribution >= 0.6 is 15.9 Å². The van der Waals surface area contributed by atoms with Crippen molar-refractivity contribution >= 4 is 15.9 Å². The summed E-state index contributed by atoms with van der Waals surface area (Å²) < 4.78 is 7.00. The fourth-order valence-corrected chi connectivity index (χ4v) is 2.36. The Bertz CT molecular complexity index is 586. The number of nitrogens with zero attached hydrogens (tertiary/aromatic N) is 1. The number of nitrogens with one attached hydrogen (secondary N) is 1. The Kier molecular flexibility index (Phi) is 5.15. The van der Waals surface area contributed by atoms with Crippen molar-refractivity contribution < 1.29 is 4.74 Å². The van der Waals surface area contributed by atoms with Gasteiger partial charge in [-0.3, -0.25) is 0 Å². The van der Waals surface area contributed by atoms with Crippen molar-refractivity contribution in [3.05, 3.63) is 52.1 Å². The lowest BCUT2D eigenvalue weighted by Gasteiger charge is -2.17. The van der Waals surface area contributed by atoms with E-state index in [0.717, 1.165) is 27.9 Å². The molecule has 0 radical (unpaired) electrons. The van der Waals surface area contributed by atoms with Gasteiger partial charge in [-0.1, -0.05) is 35.0 Å². The van der Waals surface area contributed by atoms with E-state index in [4.69, 9.17) is 4.74 Å². The average Bonchev–Trinajstić information content (AvgIpc) is 2.44. The van der Waals surface area contributed by atoms with Crippen molar-refractivity contribution in [1.82, 2.24) is 10.3 Å². The van der Waals surface area contributed by atoms with Crippen LogP contribution in [0, 0.1) is 6.92 Å². The third kappa shape index (κ3) is 3.58. The van der Waals surface area contributed by atoms with Crippen LogP contribution in [-0.4, -0.2) is 11.5 Å². The summed E-state index contributed by atoms with van der Waals surface area (Å²) >= 11 is 3.47. The van der Waals surface area contributed by atoms with E-state index in [1.54, 1.807) is 6.20 Å². The molecule has 1 unspecified atom stereocenters. The van der Waals surface area contributed by atoms with Crippen LogP contribution in [0.1, 0.15) is 31.0 Å². The standard InChI is InChI=1S/C16H19BrN2O/c1-4-18-12(3)14-6-5-9-19-16(14)20-15-10-13(17)8-7-11(15)2/h5-10,12,18H,4H2,1-3H3. The fourth-order valence-electron chi connectivity index (χ4n) is 2.02. The minimum atomic E-state index is 0.205. The summed E-state index contributed by atoms with van der Waals surface area (Å²) in [6.07, 6.45) is 1.75. The molecule has 1 heterocycles. The number of aryl methyl sites for hydroxylation is 1. The molecule has 2 aromatic rings. The zero-order valence-electron chi connectivity index (χ0n) is 12.0. The first-order valence-corrected chi connectivity index (χ1v) is 7.53. The van der Waals surface area contributed by atoms with Crippen LogP contribution in [0.2, 0.25) is 0 Å². The average molecular weight is 335 g/mol. The summed E-state index contributed by atoms with van der Waals surface area (Å²) in [7, 11) is 0. The van der Waals surface area contributed by atoms with Crippen molar-refractivity contribution in [2.75, 3.05) is 6.54 Å². The second-order valence-electron chi connectivity index (χ2n) is 4.69. The van der Waals surface area contributed by atoms with Crippen molar-refractivity contribution in [3.8, 4) is 11.6 Å². The molecule has 1 aromatic carbocycles. The molecule has 0 aliphatic heterocycles. The lowest BCUT2D eigenvalue weighted by atomic mass is 10.1. The number of halogens is 1. The fraction of sp³-hybridized carbons (Fsp3) is 0.312. The summed E-state index contributed by atoms with van der Waals surface area (Å²) in [5.74, 6) is 1.48. The molecule has 1 N–H and O–H groups in total. The molecule has 1 atom stereocenters. The number of ether oxygens (including phenoxy) is 1. The first-order chi connectivity index (χ1) is 9.61. The number of pyridine rings is 1. The van der Waals surface area contributed by atoms with Crippen LogP contribution in [0.3, 0.4) is 0 Å². The maximum absolute atomic E-state index is 6.01. The van der Waals surface area contributed by atoms with Gasteiger partial charge in [-0.15, -0.1) is 0 Å². The first-order valence-electron chi connectivity index (χ1n) is 6.74. The molecular formula is C16H19BrN2O. The predicted molar refractivity (Wildman–Crippen MR) is 85.3 cm³/mol. The molecular weight excluding hydrogens is 316 g/mol. The minimum Gasteiger partial charge on any atom is -0.438 e. The normalized spacial score (nSPS) is 12.2. The molecule has 0 bridgehead atoms. The molecule has 0 saturated carbocycles. The zero-order chi connectivity index (χ0) is 14.5. The van der Waals surface area contributed by atoms with Gasteiger partial charge in [0.2, 0.25) is 5.88 Å². The number of rotatable bonds is 5. The van der Waals surface area contributed by atoms with E-state index in [9.17, 15) is 0 Å². The van der Waals surface area contributed by atoms with Gasteiger partial charge in [-0.2, -0.15) is 0 Å². The summed E-state index contributed by atoms with van der Waals surface area (Å²) in [6, 6.07) is 10.2. The van der Waals surface area contributed by atoms with Crippen LogP contribution in [0.25, 0.3) is 0 Å². The third-order valence-electron chi connectivity index (χ3n) is 3.13. The van der Waals surface area contributed by atoms with E-state index in [1.165, 1.54) is 0 Å². The molecule has 20 heavy (non-hydrogen) atoms. The van der Waals surface area contributed by atoms with Gasteiger partial charge in [0.05, 0.1) is 0 Å². The molecule has 0 spiro atoms. The molecule has 0 fully saturated rings. The molecule has 2 rings (SSSR count). The Labute approximate surface area is 128 Å². The van der Waals surface area contributed by atoms with E-state index >= 15 is 0 Å². The van der Waals surface area contributed by atoms with E-state index in [1.807, 2.05) is 37.3 Å². The van der Waals surface area contributed by atoms with Crippen LogP contribution in [0.15, 0.2) is 41.0 Å². The second kappa shape index (κ2) is 6.86. The topological polar surface area (TPSA) is 34.2 Å². The second-order valence-corrected chi connectivity index (χ2v) is 5.60. The molecule has 0 amide bonds. The van der Waals surface area contributed by atoms with Crippen LogP contribution in [0.4, 0.5) is 0 Å². The Morgan fingerprint density at radius 3 is 2.90 bits per heavy atom. The molecule has 106 valence electrons. The Morgan fingerprint density at radius 2 is 2.15 bits per heavy atom.